The maximum Gasteiger partial charge on any atom is 0.227 e. The number of nitrogens with zero attached hydrogens (tertiary/aromatic N) is 1. The van der Waals surface area contributed by atoms with Crippen LogP contribution in [0.5, 0.6) is 5.75 Å². The molecule has 0 saturated heterocycles. The molecule has 0 aliphatic heterocycles. The van der Waals surface area contributed by atoms with Crippen molar-refractivity contribution in [2.24, 2.45) is 0 Å². The summed E-state index contributed by atoms with van der Waals surface area (Å²) in [6, 6.07) is 13.2. The molecule has 2 aromatic carbocycles. The first-order chi connectivity index (χ1) is 9.63. The SMILES string of the molecule is CC(C)Oc1cccc(-c2nc3c(N)cccc3o2)c1. The zero-order valence-corrected chi connectivity index (χ0v) is 11.5. The Morgan fingerprint density at radius 1 is 1.15 bits per heavy atom. The summed E-state index contributed by atoms with van der Waals surface area (Å²) in [5.74, 6) is 1.35. The lowest BCUT2D eigenvalue weighted by Crippen LogP contribution is -2.05. The van der Waals surface area contributed by atoms with Gasteiger partial charge in [0.25, 0.3) is 0 Å². The van der Waals surface area contributed by atoms with Gasteiger partial charge in [0.2, 0.25) is 5.89 Å². The maximum absolute atomic E-state index is 5.90. The zero-order chi connectivity index (χ0) is 14.1. The molecule has 3 rings (SSSR count). The van der Waals surface area contributed by atoms with Crippen LogP contribution in [-0.2, 0) is 0 Å². The summed E-state index contributed by atoms with van der Waals surface area (Å²) in [5.41, 5.74) is 8.77. The van der Waals surface area contributed by atoms with Crippen molar-refractivity contribution in [3.8, 4) is 17.2 Å². The average Bonchev–Trinajstić information content (AvgIpc) is 2.84. The Labute approximate surface area is 117 Å². The Bertz CT molecular complexity index is 747. The van der Waals surface area contributed by atoms with Crippen LogP contribution in [0.25, 0.3) is 22.6 Å². The van der Waals surface area contributed by atoms with Gasteiger partial charge in [-0.25, -0.2) is 4.98 Å². The number of nitrogen functional groups attached to an aromatic ring is 1. The summed E-state index contributed by atoms with van der Waals surface area (Å²) in [6.07, 6.45) is 0.129. The minimum absolute atomic E-state index is 0.129. The quantitative estimate of drug-likeness (QED) is 0.732. The van der Waals surface area contributed by atoms with Gasteiger partial charge in [0, 0.05) is 5.56 Å². The van der Waals surface area contributed by atoms with E-state index in [4.69, 9.17) is 14.9 Å². The standard InChI is InChI=1S/C16H16N2O2/c1-10(2)19-12-6-3-5-11(9-12)16-18-15-13(17)7-4-8-14(15)20-16/h3-10H,17H2,1-2H3. The Balaban J connectivity index is 2.04. The van der Waals surface area contributed by atoms with Gasteiger partial charge >= 0.3 is 0 Å². The fourth-order valence-electron chi connectivity index (χ4n) is 2.07. The van der Waals surface area contributed by atoms with E-state index >= 15 is 0 Å². The van der Waals surface area contributed by atoms with E-state index in [0.717, 1.165) is 11.3 Å². The number of para-hydroxylation sites is 1. The lowest BCUT2D eigenvalue weighted by atomic mass is 10.2. The van der Waals surface area contributed by atoms with Crippen molar-refractivity contribution in [3.05, 3.63) is 42.5 Å². The number of ether oxygens (including phenoxy) is 1. The maximum atomic E-state index is 5.90. The van der Waals surface area contributed by atoms with Crippen molar-refractivity contribution in [2.45, 2.75) is 20.0 Å². The number of anilines is 1. The van der Waals surface area contributed by atoms with Gasteiger partial charge in [-0.3, -0.25) is 0 Å². The normalized spacial score (nSPS) is 11.2. The molecule has 2 N–H and O–H groups in total. The monoisotopic (exact) mass is 268 g/mol. The van der Waals surface area contributed by atoms with Gasteiger partial charge in [-0.2, -0.15) is 0 Å². The number of fused-ring (bicyclic) bond motifs is 1. The summed E-state index contributed by atoms with van der Waals surface area (Å²) < 4.78 is 11.4. The van der Waals surface area contributed by atoms with E-state index in [0.29, 0.717) is 22.7 Å². The third-order valence-electron chi connectivity index (χ3n) is 2.90. The van der Waals surface area contributed by atoms with Crippen molar-refractivity contribution < 1.29 is 9.15 Å². The minimum atomic E-state index is 0.129. The molecule has 0 aliphatic rings. The Morgan fingerprint density at radius 2 is 1.95 bits per heavy atom. The molecule has 0 bridgehead atoms. The number of hydrogen-bond donors (Lipinski definition) is 1. The first kappa shape index (κ1) is 12.5. The Kier molecular flexibility index (Phi) is 3.06. The van der Waals surface area contributed by atoms with Crippen LogP contribution in [0.4, 0.5) is 5.69 Å². The van der Waals surface area contributed by atoms with E-state index in [-0.39, 0.29) is 6.10 Å². The van der Waals surface area contributed by atoms with E-state index in [1.54, 1.807) is 0 Å². The van der Waals surface area contributed by atoms with Gasteiger partial charge in [-0.15, -0.1) is 0 Å². The molecule has 1 aromatic heterocycles. The van der Waals surface area contributed by atoms with Gasteiger partial charge in [0.15, 0.2) is 5.58 Å². The van der Waals surface area contributed by atoms with Crippen LogP contribution in [0.1, 0.15) is 13.8 Å². The summed E-state index contributed by atoms with van der Waals surface area (Å²) in [6.45, 7) is 3.99. The number of rotatable bonds is 3. The third kappa shape index (κ3) is 2.32. The van der Waals surface area contributed by atoms with Crippen LogP contribution >= 0.6 is 0 Å². The second kappa shape index (κ2) is 4.89. The van der Waals surface area contributed by atoms with Crippen molar-refractivity contribution in [1.29, 1.82) is 0 Å². The molecule has 4 heteroatoms. The van der Waals surface area contributed by atoms with E-state index < -0.39 is 0 Å². The topological polar surface area (TPSA) is 61.3 Å². The minimum Gasteiger partial charge on any atom is -0.491 e. The number of aromatic nitrogens is 1. The van der Waals surface area contributed by atoms with Crippen molar-refractivity contribution in [1.82, 2.24) is 4.98 Å². The van der Waals surface area contributed by atoms with E-state index in [2.05, 4.69) is 4.98 Å². The summed E-state index contributed by atoms with van der Waals surface area (Å²) >= 11 is 0. The predicted molar refractivity (Wildman–Crippen MR) is 79.6 cm³/mol. The van der Waals surface area contributed by atoms with Gasteiger partial charge in [-0.05, 0) is 44.2 Å². The van der Waals surface area contributed by atoms with Gasteiger partial charge in [0.1, 0.15) is 11.3 Å². The molecule has 3 aromatic rings. The second-order valence-corrected chi connectivity index (χ2v) is 4.91. The van der Waals surface area contributed by atoms with Gasteiger partial charge in [-0.1, -0.05) is 12.1 Å². The van der Waals surface area contributed by atoms with Crippen molar-refractivity contribution in [3.63, 3.8) is 0 Å². The molecule has 0 spiro atoms. The largest absolute Gasteiger partial charge is 0.491 e. The lowest BCUT2D eigenvalue weighted by Gasteiger charge is -2.09. The molecule has 20 heavy (non-hydrogen) atoms. The van der Waals surface area contributed by atoms with E-state index in [1.165, 1.54) is 0 Å². The first-order valence-electron chi connectivity index (χ1n) is 6.55. The molecule has 0 unspecified atom stereocenters. The molecular formula is C16H16N2O2. The van der Waals surface area contributed by atoms with Crippen LogP contribution < -0.4 is 10.5 Å². The highest BCUT2D eigenvalue weighted by Gasteiger charge is 2.11. The second-order valence-electron chi connectivity index (χ2n) is 4.91. The molecule has 0 amide bonds. The highest BCUT2D eigenvalue weighted by Crippen LogP contribution is 2.29. The summed E-state index contributed by atoms with van der Waals surface area (Å²) in [7, 11) is 0. The molecule has 0 aliphatic carbocycles. The fourth-order valence-corrected chi connectivity index (χ4v) is 2.07. The fraction of sp³-hybridized carbons (Fsp3) is 0.188. The third-order valence-corrected chi connectivity index (χ3v) is 2.90. The van der Waals surface area contributed by atoms with Crippen LogP contribution in [0.2, 0.25) is 0 Å². The molecule has 0 radical (unpaired) electrons. The summed E-state index contributed by atoms with van der Waals surface area (Å²) in [5, 5.41) is 0. The van der Waals surface area contributed by atoms with Crippen LogP contribution in [0.15, 0.2) is 46.9 Å². The molecule has 102 valence electrons. The molecule has 0 atom stereocenters. The highest BCUT2D eigenvalue weighted by atomic mass is 16.5. The Morgan fingerprint density at radius 3 is 2.70 bits per heavy atom. The molecule has 0 fully saturated rings. The average molecular weight is 268 g/mol. The Hall–Kier alpha value is -2.49. The zero-order valence-electron chi connectivity index (χ0n) is 11.5. The number of oxazole rings is 1. The highest BCUT2D eigenvalue weighted by molar-refractivity contribution is 5.87. The van der Waals surface area contributed by atoms with Gasteiger partial charge < -0.3 is 14.9 Å². The lowest BCUT2D eigenvalue weighted by molar-refractivity contribution is 0.242. The van der Waals surface area contributed by atoms with Crippen LogP contribution in [-0.4, -0.2) is 11.1 Å². The van der Waals surface area contributed by atoms with Crippen molar-refractivity contribution in [2.75, 3.05) is 5.73 Å². The smallest absolute Gasteiger partial charge is 0.227 e. The van der Waals surface area contributed by atoms with Gasteiger partial charge in [0.05, 0.1) is 11.8 Å². The molecule has 0 saturated carbocycles. The molecule has 1 heterocycles. The number of nitrogens with two attached hydrogens (primary N) is 1. The van der Waals surface area contributed by atoms with E-state index in [1.807, 2.05) is 56.3 Å². The number of benzene rings is 2. The first-order valence-corrected chi connectivity index (χ1v) is 6.55. The van der Waals surface area contributed by atoms with Crippen LogP contribution in [0, 0.1) is 0 Å². The van der Waals surface area contributed by atoms with E-state index in [9.17, 15) is 0 Å². The molecule has 4 nitrogen and oxygen atoms in total. The number of hydrogen-bond acceptors (Lipinski definition) is 4. The predicted octanol–water partition coefficient (Wildman–Crippen LogP) is 3.86. The molecular weight excluding hydrogens is 252 g/mol. The summed E-state index contributed by atoms with van der Waals surface area (Å²) in [4.78, 5) is 4.46. The van der Waals surface area contributed by atoms with Crippen LogP contribution in [0.3, 0.4) is 0 Å². The van der Waals surface area contributed by atoms with Crippen molar-refractivity contribution >= 4 is 16.8 Å².